The fraction of sp³-hybridized carbons (Fsp3) is 0.438. The molecule has 2 aliphatic heterocycles. The number of thiophene rings is 1. The number of nitrogens with one attached hydrogen (secondary N) is 3. The number of aromatic nitrogens is 2. The van der Waals surface area contributed by atoms with Crippen LogP contribution in [0.15, 0.2) is 48.1 Å². The van der Waals surface area contributed by atoms with Crippen molar-refractivity contribution in [3.63, 3.8) is 0 Å². The van der Waals surface area contributed by atoms with Gasteiger partial charge in [-0.2, -0.15) is 0 Å². The van der Waals surface area contributed by atoms with Crippen LogP contribution in [0.2, 0.25) is 0 Å². The minimum atomic E-state index is -0.482. The monoisotopic (exact) mass is 621 g/mol. The SMILES string of the molecule is CCC(C)C/C(=C\C=C(/C)NCCCN1CCOCC1)NC(=O)c1sc2ncnc3c2c1NC(=O)N3c1ccc(F)c(C)c1. The molecule has 0 radical (unpaired) electrons. The Balaban J connectivity index is 1.33. The van der Waals surface area contributed by atoms with Crippen molar-refractivity contribution >= 4 is 50.7 Å². The lowest BCUT2D eigenvalue weighted by atomic mass is 10.0. The Bertz CT molecular complexity index is 1580. The molecule has 0 saturated carbocycles. The highest BCUT2D eigenvalue weighted by Gasteiger charge is 2.34. The van der Waals surface area contributed by atoms with Gasteiger partial charge in [-0.3, -0.25) is 9.69 Å². The van der Waals surface area contributed by atoms with Gasteiger partial charge in [-0.25, -0.2) is 24.1 Å². The molecular weight excluding hydrogens is 581 g/mol. The molecule has 0 bridgehead atoms. The Morgan fingerprint density at radius 1 is 1.25 bits per heavy atom. The van der Waals surface area contributed by atoms with Crippen molar-refractivity contribution in [3.8, 4) is 0 Å². The number of carbonyl (C=O) groups is 2. The van der Waals surface area contributed by atoms with Crippen molar-refractivity contribution in [2.24, 2.45) is 5.92 Å². The van der Waals surface area contributed by atoms with E-state index in [-0.39, 0.29) is 11.7 Å². The Labute approximate surface area is 261 Å². The van der Waals surface area contributed by atoms with Crippen LogP contribution < -0.4 is 20.9 Å². The second kappa shape index (κ2) is 14.3. The quantitative estimate of drug-likeness (QED) is 0.166. The summed E-state index contributed by atoms with van der Waals surface area (Å²) in [6.45, 7) is 13.4. The predicted molar refractivity (Wildman–Crippen MR) is 173 cm³/mol. The Hall–Kier alpha value is -3.87. The molecule has 3 amide bonds. The van der Waals surface area contributed by atoms with E-state index in [4.69, 9.17) is 4.74 Å². The lowest BCUT2D eigenvalue weighted by molar-refractivity contribution is 0.0375. The van der Waals surface area contributed by atoms with Crippen molar-refractivity contribution < 1.29 is 18.7 Å². The number of urea groups is 1. The van der Waals surface area contributed by atoms with Gasteiger partial charge in [0.2, 0.25) is 0 Å². The number of ether oxygens (including phenoxy) is 1. The molecule has 234 valence electrons. The van der Waals surface area contributed by atoms with Crippen LogP contribution in [0.5, 0.6) is 0 Å². The lowest BCUT2D eigenvalue weighted by Crippen LogP contribution is -2.37. The van der Waals surface area contributed by atoms with Gasteiger partial charge in [-0.1, -0.05) is 20.3 Å². The second-order valence-corrected chi connectivity index (χ2v) is 12.3. The molecule has 2 aromatic heterocycles. The molecule has 0 spiro atoms. The lowest BCUT2D eigenvalue weighted by Gasteiger charge is -2.27. The number of aryl methyl sites for hydroxylation is 1. The summed E-state index contributed by atoms with van der Waals surface area (Å²) >= 11 is 1.20. The minimum absolute atomic E-state index is 0.320. The van der Waals surface area contributed by atoms with Crippen LogP contribution >= 0.6 is 11.3 Å². The standard InChI is InChI=1S/C32H40FN7O3S/c1-5-20(2)17-23(8-7-22(4)34-11-6-12-39-13-15-43-16-14-39)37-30(41)28-27-26-29(35-19-36-31(26)44-28)40(32(42)38-27)24-9-10-25(33)21(3)18-24/h7-10,18-20,34H,5-6,11-17H2,1-4H3,(H,37,41)(H,38,42)/b22-7+,23-8+. The molecule has 5 rings (SSSR count). The molecule has 3 N–H and O–H groups in total. The van der Waals surface area contributed by atoms with Gasteiger partial charge in [0.25, 0.3) is 5.91 Å². The normalized spacial score (nSPS) is 16.7. The van der Waals surface area contributed by atoms with Gasteiger partial charge >= 0.3 is 6.03 Å². The maximum absolute atomic E-state index is 14.0. The van der Waals surface area contributed by atoms with Gasteiger partial charge < -0.3 is 20.7 Å². The summed E-state index contributed by atoms with van der Waals surface area (Å²) in [4.78, 5) is 40.6. The Morgan fingerprint density at radius 2 is 2.05 bits per heavy atom. The van der Waals surface area contributed by atoms with E-state index in [1.807, 2.05) is 19.1 Å². The molecule has 1 saturated heterocycles. The smallest absolute Gasteiger partial charge is 0.332 e. The van der Waals surface area contributed by atoms with Crippen LogP contribution in [-0.4, -0.2) is 66.2 Å². The zero-order valence-electron chi connectivity index (χ0n) is 25.7. The average molecular weight is 622 g/mol. The van der Waals surface area contributed by atoms with Crippen molar-refractivity contribution in [2.75, 3.05) is 49.6 Å². The van der Waals surface area contributed by atoms with Gasteiger partial charge in [0.1, 0.15) is 21.9 Å². The third-order valence-electron chi connectivity index (χ3n) is 7.95. The van der Waals surface area contributed by atoms with E-state index < -0.39 is 6.03 Å². The van der Waals surface area contributed by atoms with Crippen molar-refractivity contribution in [1.29, 1.82) is 0 Å². The van der Waals surface area contributed by atoms with Gasteiger partial charge in [-0.15, -0.1) is 11.3 Å². The summed E-state index contributed by atoms with van der Waals surface area (Å²) in [5, 5.41) is 10.0. The van der Waals surface area contributed by atoms with Crippen LogP contribution in [0.4, 0.5) is 26.4 Å². The highest BCUT2D eigenvalue weighted by Crippen LogP contribution is 2.44. The molecule has 2 aliphatic rings. The number of nitrogens with zero attached hydrogens (tertiary/aromatic N) is 4. The van der Waals surface area contributed by atoms with Crippen molar-refractivity contribution in [2.45, 2.75) is 47.0 Å². The summed E-state index contributed by atoms with van der Waals surface area (Å²) < 4.78 is 19.4. The first-order chi connectivity index (χ1) is 21.2. The fourth-order valence-electron chi connectivity index (χ4n) is 5.21. The number of rotatable bonds is 12. The van der Waals surface area contributed by atoms with E-state index in [0.717, 1.165) is 63.6 Å². The highest BCUT2D eigenvalue weighted by atomic mass is 32.1. The molecule has 3 aromatic rings. The zero-order chi connectivity index (χ0) is 31.2. The number of anilines is 3. The molecule has 12 heteroatoms. The average Bonchev–Trinajstić information content (AvgIpc) is 3.39. The maximum Gasteiger partial charge on any atom is 0.332 e. The first-order valence-corrected chi connectivity index (χ1v) is 15.9. The first-order valence-electron chi connectivity index (χ1n) is 15.1. The first kappa shape index (κ1) is 31.6. The number of morpholine rings is 1. The summed E-state index contributed by atoms with van der Waals surface area (Å²) in [6.07, 6.45) is 8.02. The van der Waals surface area contributed by atoms with Crippen molar-refractivity contribution in [1.82, 2.24) is 25.5 Å². The molecule has 10 nitrogen and oxygen atoms in total. The number of hydrogen-bond donors (Lipinski definition) is 3. The van der Waals surface area contributed by atoms with E-state index >= 15 is 0 Å². The highest BCUT2D eigenvalue weighted by molar-refractivity contribution is 7.21. The van der Waals surface area contributed by atoms with E-state index in [1.54, 1.807) is 13.0 Å². The molecule has 44 heavy (non-hydrogen) atoms. The van der Waals surface area contributed by atoms with Gasteiger partial charge in [-0.05, 0) is 75.1 Å². The predicted octanol–water partition coefficient (Wildman–Crippen LogP) is 6.09. The number of carbonyl (C=O) groups excluding carboxylic acids is 2. The third-order valence-corrected chi connectivity index (χ3v) is 9.05. The fourth-order valence-corrected chi connectivity index (χ4v) is 6.20. The van der Waals surface area contributed by atoms with E-state index in [1.165, 1.54) is 34.7 Å². The van der Waals surface area contributed by atoms with Crippen LogP contribution in [0.3, 0.4) is 0 Å². The molecule has 1 fully saturated rings. The number of hydrogen-bond acceptors (Lipinski definition) is 8. The largest absolute Gasteiger partial charge is 0.389 e. The Morgan fingerprint density at radius 3 is 2.80 bits per heavy atom. The second-order valence-electron chi connectivity index (χ2n) is 11.3. The summed E-state index contributed by atoms with van der Waals surface area (Å²) in [5.74, 6) is 0.0329. The molecule has 0 aliphatic carbocycles. The zero-order valence-corrected chi connectivity index (χ0v) is 26.5. The molecule has 4 heterocycles. The molecular formula is C32H40FN7O3S. The van der Waals surface area contributed by atoms with E-state index in [0.29, 0.717) is 50.2 Å². The molecule has 1 unspecified atom stereocenters. The van der Waals surface area contributed by atoms with Gasteiger partial charge in [0, 0.05) is 31.0 Å². The van der Waals surface area contributed by atoms with Crippen LogP contribution in [-0.2, 0) is 4.74 Å². The van der Waals surface area contributed by atoms with Crippen LogP contribution in [0.1, 0.15) is 55.3 Å². The summed E-state index contributed by atoms with van der Waals surface area (Å²) in [6, 6.07) is 3.96. The summed E-state index contributed by atoms with van der Waals surface area (Å²) in [7, 11) is 0. The topological polar surface area (TPSA) is 112 Å². The molecule has 1 atom stereocenters. The van der Waals surface area contributed by atoms with E-state index in [9.17, 15) is 14.0 Å². The summed E-state index contributed by atoms with van der Waals surface area (Å²) in [5.41, 5.74) is 3.07. The van der Waals surface area contributed by atoms with Crippen molar-refractivity contribution in [3.05, 3.63) is 64.3 Å². The van der Waals surface area contributed by atoms with E-state index in [2.05, 4.69) is 44.7 Å². The molecule has 1 aromatic carbocycles. The van der Waals surface area contributed by atoms with Gasteiger partial charge in [0.05, 0.1) is 30.0 Å². The maximum atomic E-state index is 14.0. The third kappa shape index (κ3) is 7.25. The minimum Gasteiger partial charge on any atom is -0.389 e. The number of allylic oxidation sites excluding steroid dienone is 4. The number of benzene rings is 1. The Kier molecular flexibility index (Phi) is 10.2. The van der Waals surface area contributed by atoms with Crippen LogP contribution in [0, 0.1) is 18.7 Å². The number of halogens is 1. The van der Waals surface area contributed by atoms with Gasteiger partial charge in [0.15, 0.2) is 5.82 Å². The number of amides is 3. The van der Waals surface area contributed by atoms with Crippen LogP contribution in [0.25, 0.3) is 10.2 Å².